The number of halogens is 7. The molecule has 3 atom stereocenters. The number of aromatic nitrogens is 3. The maximum Gasteiger partial charge on any atom is 0.416 e. The van der Waals surface area contributed by atoms with Crippen molar-refractivity contribution < 1.29 is 45.7 Å². The predicted octanol–water partition coefficient (Wildman–Crippen LogP) is 4.95. The van der Waals surface area contributed by atoms with Gasteiger partial charge in [0, 0.05) is 10.7 Å². The molecule has 2 aromatic carbocycles. The highest BCUT2D eigenvalue weighted by Crippen LogP contribution is 2.39. The predicted molar refractivity (Wildman–Crippen MR) is 114 cm³/mol. The van der Waals surface area contributed by atoms with Gasteiger partial charge in [-0.15, -0.1) is 0 Å². The van der Waals surface area contributed by atoms with Crippen molar-refractivity contribution in [3.05, 3.63) is 86.8 Å². The molecule has 0 spiro atoms. The van der Waals surface area contributed by atoms with Crippen molar-refractivity contribution in [2.24, 2.45) is 0 Å². The Kier molecular flexibility index (Phi) is 6.05. The Morgan fingerprint density at radius 3 is 2.35 bits per heavy atom. The normalized spacial score (nSPS) is 23.0. The summed E-state index contributed by atoms with van der Waals surface area (Å²) >= 11 is 0. The van der Waals surface area contributed by atoms with Crippen molar-refractivity contribution in [3.63, 3.8) is 0 Å². The molecule has 1 aliphatic rings. The number of hydrogen-bond donors (Lipinski definition) is 2. The molecule has 14 heteroatoms. The van der Waals surface area contributed by atoms with Crippen LogP contribution in [0.5, 0.6) is 0 Å². The third-order valence-corrected chi connectivity index (χ3v) is 5.51. The van der Waals surface area contributed by atoms with Crippen LogP contribution in [0.1, 0.15) is 52.5 Å². The van der Waals surface area contributed by atoms with Crippen molar-refractivity contribution in [1.29, 1.82) is 0 Å². The van der Waals surface area contributed by atoms with E-state index in [9.17, 15) is 35.5 Å². The van der Waals surface area contributed by atoms with Gasteiger partial charge in [-0.05, 0) is 48.3 Å². The monoisotopic (exact) mass is 538 g/mol. The Labute approximate surface area is 210 Å². The highest BCUT2D eigenvalue weighted by atomic mass is 19.4. The zero-order chi connectivity index (χ0) is 30.4. The minimum Gasteiger partial charge on any atom is -0.349 e. The van der Waals surface area contributed by atoms with Crippen LogP contribution in [0.3, 0.4) is 0 Å². The lowest BCUT2D eigenvalue weighted by Gasteiger charge is -2.41. The summed E-state index contributed by atoms with van der Waals surface area (Å²) in [6, 6.07) is 3.49. The van der Waals surface area contributed by atoms with E-state index >= 15 is 0 Å². The average Bonchev–Trinajstić information content (AvgIpc) is 3.27. The number of hydrogen-bond acceptors (Lipinski definition) is 5. The smallest absolute Gasteiger partial charge is 0.349 e. The summed E-state index contributed by atoms with van der Waals surface area (Å²) in [6.07, 6.45) is -15.9. The highest BCUT2D eigenvalue weighted by molar-refractivity contribution is 5.34. The van der Waals surface area contributed by atoms with Crippen LogP contribution in [0, 0.1) is 5.82 Å². The molecule has 0 amide bonds. The molecule has 1 aliphatic heterocycles. The molecule has 3 aromatic rings. The molecule has 37 heavy (non-hydrogen) atoms. The van der Waals surface area contributed by atoms with E-state index in [-0.39, 0.29) is 49.3 Å². The van der Waals surface area contributed by atoms with Gasteiger partial charge in [-0.2, -0.15) is 31.4 Å². The molecule has 2 N–H and O–H groups in total. The third-order valence-electron chi connectivity index (χ3n) is 5.51. The van der Waals surface area contributed by atoms with Crippen molar-refractivity contribution in [1.82, 2.24) is 20.1 Å². The van der Waals surface area contributed by atoms with Gasteiger partial charge in [0.05, 0.1) is 37.8 Å². The van der Waals surface area contributed by atoms with Gasteiger partial charge in [0.2, 0.25) is 0 Å². The summed E-state index contributed by atoms with van der Waals surface area (Å²) < 4.78 is 139. The molecular weight excluding hydrogens is 513 g/mol. The third kappa shape index (κ3) is 6.37. The first-order valence-electron chi connectivity index (χ1n) is 12.6. The second-order valence-corrected chi connectivity index (χ2v) is 8.07. The lowest BCUT2D eigenvalue weighted by atomic mass is 10.0. The molecule has 7 nitrogen and oxygen atoms in total. The van der Waals surface area contributed by atoms with E-state index in [1.165, 1.54) is 12.1 Å². The molecule has 1 fully saturated rings. The molecular formula is C23H21F7N4O3. The number of H-pyrrole nitrogens is 2. The topological polar surface area (TPSA) is 83.2 Å². The fourth-order valence-corrected chi connectivity index (χ4v) is 3.83. The van der Waals surface area contributed by atoms with Gasteiger partial charge in [0.15, 0.2) is 6.29 Å². The number of nitrogens with one attached hydrogen (secondary N) is 2. The van der Waals surface area contributed by atoms with Gasteiger partial charge >= 0.3 is 18.0 Å². The molecule has 0 unspecified atom stereocenters. The van der Waals surface area contributed by atoms with Gasteiger partial charge in [-0.3, -0.25) is 9.88 Å². The van der Waals surface area contributed by atoms with E-state index in [1.807, 2.05) is 0 Å². The molecule has 0 saturated carbocycles. The standard InChI is InChI=1S/C23H21F7N4O3/c1-12(14-8-15(22(25,26)27)10-16(9-14)23(28,29)30)37-20-19(13-2-4-17(24)5-3-13)34(6-7-36-20)11-18-31-21(35)33-32-18/h2-5,8-10,12,19-20H,6-7,11H2,1H3,(H2,31,32,33,35)/t12-,19-,20+/m0/s1/i1D3,12D. The number of nitrogens with zero attached hydrogens (tertiary/aromatic N) is 2. The zero-order valence-corrected chi connectivity index (χ0v) is 18.6. The average molecular weight is 538 g/mol. The Balaban J connectivity index is 1.82. The Hall–Kier alpha value is -3.23. The molecule has 1 aromatic heterocycles. The van der Waals surface area contributed by atoms with Crippen LogP contribution in [0.15, 0.2) is 47.3 Å². The quantitative estimate of drug-likeness (QED) is 0.434. The van der Waals surface area contributed by atoms with E-state index in [4.69, 9.17) is 15.0 Å². The van der Waals surface area contributed by atoms with E-state index < -0.39 is 65.8 Å². The second kappa shape index (κ2) is 10.3. The van der Waals surface area contributed by atoms with E-state index in [2.05, 4.69) is 15.2 Å². The van der Waals surface area contributed by atoms with Crippen LogP contribution in [0.4, 0.5) is 30.7 Å². The Morgan fingerprint density at radius 2 is 1.81 bits per heavy atom. The van der Waals surface area contributed by atoms with Crippen molar-refractivity contribution in [2.45, 2.75) is 44.2 Å². The highest BCUT2D eigenvalue weighted by Gasteiger charge is 2.39. The Bertz CT molecular complexity index is 1390. The minimum absolute atomic E-state index is 0.0946. The molecule has 2 heterocycles. The molecule has 200 valence electrons. The lowest BCUT2D eigenvalue weighted by molar-refractivity contribution is -0.231. The van der Waals surface area contributed by atoms with Gasteiger partial charge in [-0.25, -0.2) is 14.3 Å². The van der Waals surface area contributed by atoms with Gasteiger partial charge in [-0.1, -0.05) is 12.1 Å². The zero-order valence-electron chi connectivity index (χ0n) is 22.6. The van der Waals surface area contributed by atoms with E-state index in [0.29, 0.717) is 0 Å². The van der Waals surface area contributed by atoms with Crippen LogP contribution < -0.4 is 5.69 Å². The van der Waals surface area contributed by atoms with Crippen molar-refractivity contribution in [2.75, 3.05) is 13.2 Å². The number of rotatable bonds is 6. The first-order chi connectivity index (χ1) is 18.9. The summed E-state index contributed by atoms with van der Waals surface area (Å²) in [5, 5.41) is 5.95. The van der Waals surface area contributed by atoms with Crippen LogP contribution in [-0.4, -0.2) is 39.5 Å². The lowest BCUT2D eigenvalue weighted by Crippen LogP contribution is -2.46. The van der Waals surface area contributed by atoms with Crippen LogP contribution >= 0.6 is 0 Å². The first-order valence-corrected chi connectivity index (χ1v) is 10.6. The van der Waals surface area contributed by atoms with Crippen LogP contribution in [0.2, 0.25) is 0 Å². The minimum atomic E-state index is -5.32. The van der Waals surface area contributed by atoms with Crippen molar-refractivity contribution >= 4 is 0 Å². The summed E-state index contributed by atoms with van der Waals surface area (Å²) in [7, 11) is 0. The molecule has 4 rings (SSSR count). The van der Waals surface area contributed by atoms with Crippen LogP contribution in [0.25, 0.3) is 0 Å². The maximum absolute atomic E-state index is 13.7. The fraction of sp³-hybridized carbons (Fsp3) is 0.391. The molecule has 0 bridgehead atoms. The summed E-state index contributed by atoms with van der Waals surface area (Å²) in [4.78, 5) is 15.5. The van der Waals surface area contributed by atoms with E-state index in [0.717, 1.165) is 12.1 Å². The molecule has 1 saturated heterocycles. The maximum atomic E-state index is 13.7. The summed E-state index contributed by atoms with van der Waals surface area (Å²) in [5.74, 6) is -0.532. The molecule has 0 radical (unpaired) electrons. The SMILES string of the molecule is [2H]C([2H])([2H])[C@]([2H])(O[C@H]1OCCN(Cc2n[nH]c(=O)[nH]2)[C@H]1c1ccc(F)cc1)c1cc(C(F)(F)F)cc(C(F)(F)F)c1. The summed E-state index contributed by atoms with van der Waals surface area (Å²) in [5.41, 5.74) is -5.32. The Morgan fingerprint density at radius 1 is 1.16 bits per heavy atom. The largest absolute Gasteiger partial charge is 0.416 e. The number of benzene rings is 2. The number of alkyl halides is 6. The number of ether oxygens (including phenoxy) is 2. The number of morpholine rings is 1. The number of aromatic amines is 2. The molecule has 0 aliphatic carbocycles. The first kappa shape index (κ1) is 21.8. The van der Waals surface area contributed by atoms with Gasteiger partial charge < -0.3 is 9.47 Å². The van der Waals surface area contributed by atoms with Gasteiger partial charge in [0.25, 0.3) is 0 Å². The fourth-order valence-electron chi connectivity index (χ4n) is 3.83. The summed E-state index contributed by atoms with van der Waals surface area (Å²) in [6.45, 7) is -3.85. The van der Waals surface area contributed by atoms with E-state index in [1.54, 1.807) is 4.90 Å². The van der Waals surface area contributed by atoms with Gasteiger partial charge in [0.1, 0.15) is 11.6 Å². The van der Waals surface area contributed by atoms with Crippen molar-refractivity contribution in [3.8, 4) is 0 Å². The second-order valence-electron chi connectivity index (χ2n) is 8.07. The van der Waals surface area contributed by atoms with Crippen LogP contribution in [-0.2, 0) is 28.4 Å².